The van der Waals surface area contributed by atoms with Crippen molar-refractivity contribution >= 4 is 29.4 Å². The van der Waals surface area contributed by atoms with Crippen LogP contribution in [0.3, 0.4) is 0 Å². The number of nitrogens with zero attached hydrogens (tertiary/aromatic N) is 2. The minimum absolute atomic E-state index is 0.0648. The molecule has 0 unspecified atom stereocenters. The van der Waals surface area contributed by atoms with Crippen LogP contribution < -0.4 is 10.2 Å². The molecule has 1 aromatic rings. The highest BCUT2D eigenvalue weighted by atomic mass is 16.5. The standard InChI is InChI=1S/C22H27N3O5/c1-13(2)14(3)23-18(26)12-30-21(29)22-11-10-19(27)25(22)17-7-5-4-6-16(17)20(28)24(22)15-8-9-15/h4-7,13-15H,8-12H2,1-3H3,(H,23,26)/t14-,22+/m1/s1. The van der Waals surface area contributed by atoms with Crippen molar-refractivity contribution in [2.75, 3.05) is 11.5 Å². The van der Waals surface area contributed by atoms with Gasteiger partial charge in [0.1, 0.15) is 0 Å². The summed E-state index contributed by atoms with van der Waals surface area (Å²) in [6.07, 6.45) is 1.84. The molecular weight excluding hydrogens is 386 g/mol. The SMILES string of the molecule is CC(C)[C@@H](C)NC(=O)COC(=O)[C@]12CCC(=O)N1c1ccccc1C(=O)N2C1CC1. The molecule has 0 bridgehead atoms. The van der Waals surface area contributed by atoms with Gasteiger partial charge in [-0.3, -0.25) is 19.3 Å². The van der Waals surface area contributed by atoms with E-state index in [-0.39, 0.29) is 42.7 Å². The van der Waals surface area contributed by atoms with E-state index in [1.807, 2.05) is 20.8 Å². The van der Waals surface area contributed by atoms with E-state index in [1.165, 1.54) is 9.80 Å². The van der Waals surface area contributed by atoms with E-state index in [0.29, 0.717) is 11.3 Å². The molecule has 0 radical (unpaired) electrons. The van der Waals surface area contributed by atoms with E-state index in [4.69, 9.17) is 4.74 Å². The average molecular weight is 413 g/mol. The lowest BCUT2D eigenvalue weighted by Crippen LogP contribution is -2.69. The number of rotatable bonds is 6. The number of carbonyl (C=O) groups excluding carboxylic acids is 4. The molecule has 2 heterocycles. The molecular formula is C22H27N3O5. The fourth-order valence-electron chi connectivity index (χ4n) is 4.22. The van der Waals surface area contributed by atoms with Crippen molar-refractivity contribution < 1.29 is 23.9 Å². The Morgan fingerprint density at radius 3 is 2.57 bits per heavy atom. The smallest absolute Gasteiger partial charge is 0.354 e. The van der Waals surface area contributed by atoms with Crippen molar-refractivity contribution in [3.05, 3.63) is 29.8 Å². The molecule has 8 heteroatoms. The van der Waals surface area contributed by atoms with Crippen LogP contribution in [-0.2, 0) is 19.1 Å². The van der Waals surface area contributed by atoms with E-state index >= 15 is 0 Å². The highest BCUT2D eigenvalue weighted by Gasteiger charge is 2.64. The van der Waals surface area contributed by atoms with Crippen LogP contribution in [0.5, 0.6) is 0 Å². The summed E-state index contributed by atoms with van der Waals surface area (Å²) in [5, 5.41) is 2.80. The number of hydrogen-bond acceptors (Lipinski definition) is 5. The van der Waals surface area contributed by atoms with Gasteiger partial charge in [-0.25, -0.2) is 4.79 Å². The summed E-state index contributed by atoms with van der Waals surface area (Å²) in [7, 11) is 0. The van der Waals surface area contributed by atoms with Gasteiger partial charge in [0.05, 0.1) is 11.3 Å². The predicted octanol–water partition coefficient (Wildman–Crippen LogP) is 1.83. The molecule has 1 aliphatic carbocycles. The third-order valence-corrected chi connectivity index (χ3v) is 6.26. The molecule has 0 aromatic heterocycles. The number of esters is 1. The molecule has 2 atom stereocenters. The second-order valence-electron chi connectivity index (χ2n) is 8.65. The molecule has 1 aromatic carbocycles. The summed E-state index contributed by atoms with van der Waals surface area (Å²) in [5.74, 6) is -1.39. The first kappa shape index (κ1) is 20.4. The van der Waals surface area contributed by atoms with Gasteiger partial charge in [0, 0.05) is 24.9 Å². The molecule has 1 N–H and O–H groups in total. The number of hydrogen-bond donors (Lipinski definition) is 1. The Bertz CT molecular complexity index is 910. The van der Waals surface area contributed by atoms with Crippen LogP contribution in [0.25, 0.3) is 0 Å². The summed E-state index contributed by atoms with van der Waals surface area (Å²) >= 11 is 0. The van der Waals surface area contributed by atoms with Crippen molar-refractivity contribution in [1.82, 2.24) is 10.2 Å². The van der Waals surface area contributed by atoms with Gasteiger partial charge in [-0.2, -0.15) is 0 Å². The van der Waals surface area contributed by atoms with Gasteiger partial charge in [-0.1, -0.05) is 26.0 Å². The molecule has 3 amide bonds. The Morgan fingerprint density at radius 2 is 1.90 bits per heavy atom. The minimum atomic E-state index is -1.52. The fourth-order valence-corrected chi connectivity index (χ4v) is 4.22. The molecule has 160 valence electrons. The molecule has 0 spiro atoms. The molecule has 2 fully saturated rings. The first-order valence-corrected chi connectivity index (χ1v) is 10.5. The quantitative estimate of drug-likeness (QED) is 0.718. The molecule has 3 aliphatic rings. The Labute approximate surface area is 175 Å². The number of carbonyl (C=O) groups is 4. The summed E-state index contributed by atoms with van der Waals surface area (Å²) in [6.45, 7) is 5.40. The third kappa shape index (κ3) is 3.14. The van der Waals surface area contributed by atoms with E-state index in [0.717, 1.165) is 12.8 Å². The molecule has 30 heavy (non-hydrogen) atoms. The zero-order valence-electron chi connectivity index (χ0n) is 17.5. The number of ether oxygens (including phenoxy) is 1. The van der Waals surface area contributed by atoms with Crippen LogP contribution in [0.1, 0.15) is 56.8 Å². The summed E-state index contributed by atoms with van der Waals surface area (Å²) in [5.41, 5.74) is -0.684. The Kier molecular flexibility index (Phi) is 5.03. The van der Waals surface area contributed by atoms with E-state index in [9.17, 15) is 19.2 Å². The van der Waals surface area contributed by atoms with Crippen LogP contribution >= 0.6 is 0 Å². The lowest BCUT2D eigenvalue weighted by molar-refractivity contribution is -0.160. The van der Waals surface area contributed by atoms with Crippen LogP contribution in [0.4, 0.5) is 5.69 Å². The summed E-state index contributed by atoms with van der Waals surface area (Å²) < 4.78 is 5.41. The average Bonchev–Trinajstić information content (AvgIpc) is 3.48. The van der Waals surface area contributed by atoms with Crippen molar-refractivity contribution in [3.63, 3.8) is 0 Å². The third-order valence-electron chi connectivity index (χ3n) is 6.26. The minimum Gasteiger partial charge on any atom is -0.452 e. The first-order chi connectivity index (χ1) is 14.3. The van der Waals surface area contributed by atoms with Crippen molar-refractivity contribution in [1.29, 1.82) is 0 Å². The van der Waals surface area contributed by atoms with Crippen LogP contribution in [0.15, 0.2) is 24.3 Å². The van der Waals surface area contributed by atoms with Crippen molar-refractivity contribution in [2.24, 2.45) is 5.92 Å². The zero-order valence-corrected chi connectivity index (χ0v) is 17.5. The maximum absolute atomic E-state index is 13.4. The Morgan fingerprint density at radius 1 is 1.20 bits per heavy atom. The number of para-hydroxylation sites is 1. The topological polar surface area (TPSA) is 96.0 Å². The predicted molar refractivity (Wildman–Crippen MR) is 108 cm³/mol. The number of amides is 3. The molecule has 1 saturated carbocycles. The van der Waals surface area contributed by atoms with E-state index in [1.54, 1.807) is 24.3 Å². The normalized spacial score (nSPS) is 23.9. The van der Waals surface area contributed by atoms with Crippen molar-refractivity contribution in [2.45, 2.75) is 64.2 Å². The highest BCUT2D eigenvalue weighted by molar-refractivity contribution is 6.15. The number of fused-ring (bicyclic) bond motifs is 3. The van der Waals surface area contributed by atoms with Crippen LogP contribution in [0, 0.1) is 5.92 Å². The molecule has 8 nitrogen and oxygen atoms in total. The van der Waals surface area contributed by atoms with Gasteiger partial charge in [0.15, 0.2) is 6.61 Å². The van der Waals surface area contributed by atoms with Gasteiger partial charge < -0.3 is 15.0 Å². The van der Waals surface area contributed by atoms with Crippen LogP contribution in [-0.4, -0.2) is 52.9 Å². The molecule has 1 saturated heterocycles. The zero-order chi connectivity index (χ0) is 21.6. The Hall–Kier alpha value is -2.90. The van der Waals surface area contributed by atoms with Gasteiger partial charge in [0.2, 0.25) is 11.6 Å². The van der Waals surface area contributed by atoms with E-state index < -0.39 is 24.1 Å². The lowest BCUT2D eigenvalue weighted by Gasteiger charge is -2.48. The Balaban J connectivity index is 1.64. The van der Waals surface area contributed by atoms with Gasteiger partial charge in [0.25, 0.3) is 11.8 Å². The maximum Gasteiger partial charge on any atom is 0.354 e. The number of nitrogens with one attached hydrogen (secondary N) is 1. The van der Waals surface area contributed by atoms with Gasteiger partial charge >= 0.3 is 5.97 Å². The second-order valence-corrected chi connectivity index (χ2v) is 8.65. The summed E-state index contributed by atoms with van der Waals surface area (Å²) in [4.78, 5) is 54.7. The molecule has 2 aliphatic heterocycles. The highest BCUT2D eigenvalue weighted by Crippen LogP contribution is 2.49. The monoisotopic (exact) mass is 413 g/mol. The number of anilines is 1. The van der Waals surface area contributed by atoms with Gasteiger partial charge in [-0.05, 0) is 37.8 Å². The van der Waals surface area contributed by atoms with Gasteiger partial charge in [-0.15, -0.1) is 0 Å². The second kappa shape index (κ2) is 7.41. The van der Waals surface area contributed by atoms with Crippen LogP contribution in [0.2, 0.25) is 0 Å². The molecule has 4 rings (SSSR count). The first-order valence-electron chi connectivity index (χ1n) is 10.5. The summed E-state index contributed by atoms with van der Waals surface area (Å²) in [6, 6.07) is 6.66. The van der Waals surface area contributed by atoms with E-state index in [2.05, 4.69) is 5.32 Å². The number of benzene rings is 1. The maximum atomic E-state index is 13.4. The fraction of sp³-hybridized carbons (Fsp3) is 0.545. The van der Waals surface area contributed by atoms with Crippen molar-refractivity contribution in [3.8, 4) is 0 Å². The largest absolute Gasteiger partial charge is 0.452 e. The lowest BCUT2D eigenvalue weighted by atomic mass is 9.96.